The first-order valence-corrected chi connectivity index (χ1v) is 5.94. The van der Waals surface area contributed by atoms with Crippen molar-refractivity contribution in [3.05, 3.63) is 42.5 Å². The smallest absolute Gasteiger partial charge is 0.406 e. The largest absolute Gasteiger partial charge is 0.573 e. The molecular weight excluding hydrogens is 285 g/mol. The number of pyridine rings is 1. The van der Waals surface area contributed by atoms with Crippen molar-refractivity contribution in [2.45, 2.75) is 13.3 Å². The van der Waals surface area contributed by atoms with Gasteiger partial charge in [-0.25, -0.2) is 4.98 Å². The summed E-state index contributed by atoms with van der Waals surface area (Å²) in [5.74, 6) is -0.289. The van der Waals surface area contributed by atoms with Crippen LogP contribution in [0.2, 0.25) is 0 Å². The predicted molar refractivity (Wildman–Crippen MR) is 70.7 cm³/mol. The minimum atomic E-state index is -4.75. The van der Waals surface area contributed by atoms with E-state index >= 15 is 0 Å². The lowest BCUT2D eigenvalue weighted by molar-refractivity contribution is -0.274. The van der Waals surface area contributed by atoms with Gasteiger partial charge in [0.15, 0.2) is 0 Å². The van der Waals surface area contributed by atoms with Gasteiger partial charge in [0.05, 0.1) is 5.69 Å². The number of halogens is 3. The van der Waals surface area contributed by atoms with Crippen LogP contribution in [0.5, 0.6) is 5.75 Å². The number of aromatic nitrogens is 1. The molecule has 110 valence electrons. The summed E-state index contributed by atoms with van der Waals surface area (Å²) >= 11 is 0. The highest BCUT2D eigenvalue weighted by molar-refractivity contribution is 5.87. The molecule has 0 atom stereocenters. The van der Waals surface area contributed by atoms with Crippen LogP contribution in [0.15, 0.2) is 42.5 Å². The quantitative estimate of drug-likeness (QED) is 0.941. The molecule has 0 aliphatic rings. The van der Waals surface area contributed by atoms with Gasteiger partial charge in [-0.05, 0) is 24.3 Å². The maximum Gasteiger partial charge on any atom is 0.573 e. The summed E-state index contributed by atoms with van der Waals surface area (Å²) in [6.07, 6.45) is -4.75. The number of nitrogens with one attached hydrogen (secondary N) is 1. The van der Waals surface area contributed by atoms with Crippen LogP contribution >= 0.6 is 0 Å². The second-order valence-corrected chi connectivity index (χ2v) is 4.16. The number of rotatable bonds is 3. The van der Waals surface area contributed by atoms with Gasteiger partial charge in [0, 0.05) is 12.5 Å². The fourth-order valence-electron chi connectivity index (χ4n) is 1.70. The summed E-state index contributed by atoms with van der Waals surface area (Å²) in [6, 6.07) is 10.3. The Labute approximate surface area is 118 Å². The van der Waals surface area contributed by atoms with Gasteiger partial charge in [0.1, 0.15) is 11.6 Å². The van der Waals surface area contributed by atoms with E-state index in [2.05, 4.69) is 15.0 Å². The van der Waals surface area contributed by atoms with Crippen molar-refractivity contribution in [2.75, 3.05) is 5.32 Å². The summed E-state index contributed by atoms with van der Waals surface area (Å²) in [5.41, 5.74) is 0.873. The van der Waals surface area contributed by atoms with E-state index in [4.69, 9.17) is 0 Å². The molecule has 0 unspecified atom stereocenters. The molecule has 0 radical (unpaired) electrons. The summed E-state index contributed by atoms with van der Waals surface area (Å²) in [5, 5.41) is 2.51. The molecule has 0 saturated carbocycles. The standard InChI is InChI=1S/C14H11F3N2O2/c1-9(20)18-13-7-3-6-12(19-13)10-4-2-5-11(8-10)21-14(15,16)17/h2-8H,1H3,(H,18,19,20). The summed E-state index contributed by atoms with van der Waals surface area (Å²) in [4.78, 5) is 15.1. The van der Waals surface area contributed by atoms with Crippen molar-refractivity contribution in [3.63, 3.8) is 0 Å². The topological polar surface area (TPSA) is 51.2 Å². The van der Waals surface area contributed by atoms with Crippen molar-refractivity contribution in [1.29, 1.82) is 0 Å². The van der Waals surface area contributed by atoms with Gasteiger partial charge >= 0.3 is 6.36 Å². The highest BCUT2D eigenvalue weighted by atomic mass is 19.4. The zero-order valence-corrected chi connectivity index (χ0v) is 10.9. The van der Waals surface area contributed by atoms with Crippen molar-refractivity contribution in [2.24, 2.45) is 0 Å². The Balaban J connectivity index is 2.29. The third-order valence-corrected chi connectivity index (χ3v) is 2.42. The SMILES string of the molecule is CC(=O)Nc1cccc(-c2cccc(OC(F)(F)F)c2)n1. The second kappa shape index (κ2) is 5.82. The molecule has 0 fully saturated rings. The zero-order valence-electron chi connectivity index (χ0n) is 10.9. The van der Waals surface area contributed by atoms with E-state index < -0.39 is 6.36 Å². The highest BCUT2D eigenvalue weighted by Gasteiger charge is 2.31. The van der Waals surface area contributed by atoms with E-state index in [0.717, 1.165) is 0 Å². The van der Waals surface area contributed by atoms with Crippen LogP contribution in [0.3, 0.4) is 0 Å². The Hall–Kier alpha value is -2.57. The minimum Gasteiger partial charge on any atom is -0.406 e. The van der Waals surface area contributed by atoms with Crippen molar-refractivity contribution in [1.82, 2.24) is 4.98 Å². The molecule has 7 heteroatoms. The van der Waals surface area contributed by atoms with Gasteiger partial charge in [-0.3, -0.25) is 4.79 Å². The molecule has 0 spiro atoms. The molecule has 1 N–H and O–H groups in total. The zero-order chi connectivity index (χ0) is 15.5. The Bertz CT molecular complexity index is 657. The Morgan fingerprint density at radius 1 is 1.19 bits per heavy atom. The van der Waals surface area contributed by atoms with Gasteiger partial charge in [0.25, 0.3) is 0 Å². The van der Waals surface area contributed by atoms with E-state index in [9.17, 15) is 18.0 Å². The molecule has 4 nitrogen and oxygen atoms in total. The molecule has 2 rings (SSSR count). The number of benzene rings is 1. The predicted octanol–water partition coefficient (Wildman–Crippen LogP) is 3.61. The van der Waals surface area contributed by atoms with E-state index in [1.165, 1.54) is 25.1 Å². The molecule has 2 aromatic rings. The number of amides is 1. The van der Waals surface area contributed by atoms with Crippen molar-refractivity contribution < 1.29 is 22.7 Å². The van der Waals surface area contributed by atoms with Crippen molar-refractivity contribution in [3.8, 4) is 17.0 Å². The van der Waals surface area contributed by atoms with Crippen LogP contribution in [-0.2, 0) is 4.79 Å². The number of carbonyl (C=O) groups is 1. The third kappa shape index (κ3) is 4.48. The van der Waals surface area contributed by atoms with Gasteiger partial charge < -0.3 is 10.1 Å². The van der Waals surface area contributed by atoms with Crippen LogP contribution in [0, 0.1) is 0 Å². The first-order valence-electron chi connectivity index (χ1n) is 5.94. The average Bonchev–Trinajstić information content (AvgIpc) is 2.36. The maximum absolute atomic E-state index is 12.2. The fourth-order valence-corrected chi connectivity index (χ4v) is 1.70. The average molecular weight is 296 g/mol. The third-order valence-electron chi connectivity index (χ3n) is 2.42. The summed E-state index contributed by atoms with van der Waals surface area (Å²) in [6.45, 7) is 1.34. The second-order valence-electron chi connectivity index (χ2n) is 4.16. The number of carbonyl (C=O) groups excluding carboxylic acids is 1. The van der Waals surface area contributed by atoms with Crippen LogP contribution in [-0.4, -0.2) is 17.3 Å². The molecule has 21 heavy (non-hydrogen) atoms. The first-order chi connectivity index (χ1) is 9.83. The molecule has 0 aliphatic heterocycles. The molecule has 1 aromatic heterocycles. The maximum atomic E-state index is 12.2. The molecule has 0 aliphatic carbocycles. The minimum absolute atomic E-state index is 0.284. The van der Waals surface area contributed by atoms with E-state index in [-0.39, 0.29) is 11.7 Å². The van der Waals surface area contributed by atoms with E-state index in [1.54, 1.807) is 24.3 Å². The van der Waals surface area contributed by atoms with Crippen molar-refractivity contribution >= 4 is 11.7 Å². The van der Waals surface area contributed by atoms with Crippen LogP contribution in [0.25, 0.3) is 11.3 Å². The number of anilines is 1. The van der Waals surface area contributed by atoms with E-state index in [1.807, 2.05) is 0 Å². The lowest BCUT2D eigenvalue weighted by Crippen LogP contribution is -2.17. The number of hydrogen-bond donors (Lipinski definition) is 1. The number of hydrogen-bond acceptors (Lipinski definition) is 3. The molecule has 1 amide bonds. The van der Waals surface area contributed by atoms with E-state index in [0.29, 0.717) is 17.1 Å². The lowest BCUT2D eigenvalue weighted by atomic mass is 10.1. The van der Waals surface area contributed by atoms with Gasteiger partial charge in [-0.15, -0.1) is 13.2 Å². The Kier molecular flexibility index (Phi) is 4.11. The number of alkyl halides is 3. The highest BCUT2D eigenvalue weighted by Crippen LogP contribution is 2.27. The van der Waals surface area contributed by atoms with Gasteiger partial charge in [0.2, 0.25) is 5.91 Å². The van der Waals surface area contributed by atoms with Crippen LogP contribution in [0.1, 0.15) is 6.92 Å². The lowest BCUT2D eigenvalue weighted by Gasteiger charge is -2.10. The monoisotopic (exact) mass is 296 g/mol. The fraction of sp³-hybridized carbons (Fsp3) is 0.143. The summed E-state index contributed by atoms with van der Waals surface area (Å²) in [7, 11) is 0. The summed E-state index contributed by atoms with van der Waals surface area (Å²) < 4.78 is 40.5. The molecular formula is C14H11F3N2O2. The Morgan fingerprint density at radius 3 is 2.57 bits per heavy atom. The van der Waals surface area contributed by atoms with Crippen LogP contribution in [0.4, 0.5) is 19.0 Å². The van der Waals surface area contributed by atoms with Crippen LogP contribution < -0.4 is 10.1 Å². The van der Waals surface area contributed by atoms with Gasteiger partial charge in [-0.2, -0.15) is 0 Å². The molecule has 1 heterocycles. The normalized spacial score (nSPS) is 11.0. The molecule has 0 saturated heterocycles. The Morgan fingerprint density at radius 2 is 1.90 bits per heavy atom. The molecule has 0 bridgehead atoms. The van der Waals surface area contributed by atoms with Gasteiger partial charge in [-0.1, -0.05) is 18.2 Å². The molecule has 1 aromatic carbocycles. The first kappa shape index (κ1) is 14.8. The number of ether oxygens (including phenoxy) is 1. The number of nitrogens with zero attached hydrogens (tertiary/aromatic N) is 1.